The highest BCUT2D eigenvalue weighted by Gasteiger charge is 2.31. The van der Waals surface area contributed by atoms with Crippen LogP contribution >= 0.6 is 11.6 Å². The molecule has 0 atom stereocenters. The Bertz CT molecular complexity index is 1400. The normalized spacial score (nSPS) is 13.0. The third-order valence-electron chi connectivity index (χ3n) is 4.68. The number of hydrogen-bond donors (Lipinski definition) is 2. The van der Waals surface area contributed by atoms with Crippen LogP contribution in [-0.2, 0) is 0 Å². The molecule has 3 heterocycles. The van der Waals surface area contributed by atoms with E-state index in [0.717, 1.165) is 6.07 Å². The topological polar surface area (TPSA) is 120 Å². The zero-order chi connectivity index (χ0) is 20.3. The monoisotopic (exact) mass is 406 g/mol. The van der Waals surface area contributed by atoms with Crippen molar-refractivity contribution in [2.24, 2.45) is 0 Å². The van der Waals surface area contributed by atoms with E-state index in [1.807, 2.05) is 0 Å². The van der Waals surface area contributed by atoms with E-state index in [1.165, 1.54) is 4.57 Å². The average Bonchev–Trinajstić information content (AvgIpc) is 3.22. The summed E-state index contributed by atoms with van der Waals surface area (Å²) in [4.78, 5) is 40.7. The van der Waals surface area contributed by atoms with E-state index >= 15 is 0 Å². The zero-order valence-corrected chi connectivity index (χ0v) is 15.4. The molecular weight excluding hydrogens is 396 g/mol. The van der Waals surface area contributed by atoms with Crippen LogP contribution in [-0.4, -0.2) is 21.4 Å². The molecule has 29 heavy (non-hydrogen) atoms. The van der Waals surface area contributed by atoms with Crippen molar-refractivity contribution in [1.82, 2.24) is 14.9 Å². The largest absolute Gasteiger partial charge is 0.436 e. The maximum atomic E-state index is 12.5. The van der Waals surface area contributed by atoms with E-state index in [4.69, 9.17) is 21.8 Å². The van der Waals surface area contributed by atoms with Crippen LogP contribution in [0, 0.1) is 0 Å². The van der Waals surface area contributed by atoms with Crippen molar-refractivity contribution >= 4 is 40.3 Å². The summed E-state index contributed by atoms with van der Waals surface area (Å²) in [6.45, 7) is 0. The summed E-state index contributed by atoms with van der Waals surface area (Å²) >= 11 is 5.98. The summed E-state index contributed by atoms with van der Waals surface area (Å²) in [5.74, 6) is -0.960. The fraction of sp³-hybridized carbons (Fsp3) is 0. The summed E-state index contributed by atoms with van der Waals surface area (Å²) in [7, 11) is 0. The van der Waals surface area contributed by atoms with E-state index in [9.17, 15) is 14.4 Å². The van der Waals surface area contributed by atoms with Crippen LogP contribution in [0.1, 0.15) is 20.7 Å². The van der Waals surface area contributed by atoms with Gasteiger partial charge in [0.25, 0.3) is 17.4 Å². The SMILES string of the molecule is Nc1c2c(cc(=O)n1-c1ccc(-c3nc4cc(Cl)ccc4o3)cc1)C(=O)NC2=O. The minimum atomic E-state index is -0.632. The number of amides is 2. The smallest absolute Gasteiger partial charge is 0.262 e. The molecule has 0 saturated heterocycles. The maximum Gasteiger partial charge on any atom is 0.262 e. The van der Waals surface area contributed by atoms with Crippen molar-refractivity contribution < 1.29 is 14.0 Å². The Balaban J connectivity index is 1.59. The average molecular weight is 407 g/mol. The van der Waals surface area contributed by atoms with Gasteiger partial charge in [0.15, 0.2) is 5.58 Å². The highest BCUT2D eigenvalue weighted by Crippen LogP contribution is 2.28. The van der Waals surface area contributed by atoms with Crippen LogP contribution in [0.4, 0.5) is 5.82 Å². The molecule has 9 heteroatoms. The molecule has 2 amide bonds. The van der Waals surface area contributed by atoms with Gasteiger partial charge in [-0.3, -0.25) is 24.3 Å². The van der Waals surface area contributed by atoms with Crippen LogP contribution in [0.25, 0.3) is 28.2 Å². The van der Waals surface area contributed by atoms with Gasteiger partial charge in [0.2, 0.25) is 5.89 Å². The molecule has 2 aromatic heterocycles. The van der Waals surface area contributed by atoms with Crippen molar-refractivity contribution in [3.63, 3.8) is 0 Å². The number of anilines is 1. The van der Waals surface area contributed by atoms with E-state index < -0.39 is 17.4 Å². The molecular formula is C20H11ClN4O4. The number of hydrogen-bond acceptors (Lipinski definition) is 6. The molecule has 5 rings (SSSR count). The van der Waals surface area contributed by atoms with Crippen molar-refractivity contribution in [1.29, 1.82) is 0 Å². The minimum Gasteiger partial charge on any atom is -0.436 e. The standard InChI is InChI=1S/C20H11ClN4O4/c21-10-3-6-14-13(7-10)23-20(29-14)9-1-4-11(5-2-9)25-15(26)8-12-16(17(25)22)19(28)24-18(12)27/h1-8H,22H2,(H,24,27,28). The highest BCUT2D eigenvalue weighted by molar-refractivity contribution is 6.31. The van der Waals surface area contributed by atoms with E-state index in [1.54, 1.807) is 42.5 Å². The quantitative estimate of drug-likeness (QED) is 0.494. The van der Waals surface area contributed by atoms with Gasteiger partial charge in [0, 0.05) is 16.7 Å². The molecule has 0 radical (unpaired) electrons. The molecule has 0 aliphatic carbocycles. The van der Waals surface area contributed by atoms with Crippen LogP contribution in [0.5, 0.6) is 0 Å². The van der Waals surface area contributed by atoms with Gasteiger partial charge in [0.05, 0.1) is 16.8 Å². The lowest BCUT2D eigenvalue weighted by atomic mass is 10.1. The molecule has 4 aromatic rings. The minimum absolute atomic E-state index is 0.00509. The number of carbonyl (C=O) groups excluding carboxylic acids is 2. The number of aromatic nitrogens is 2. The van der Waals surface area contributed by atoms with Gasteiger partial charge >= 0.3 is 0 Å². The Morgan fingerprint density at radius 3 is 2.52 bits per heavy atom. The number of fused-ring (bicyclic) bond motifs is 2. The van der Waals surface area contributed by atoms with Crippen LogP contribution in [0.3, 0.4) is 0 Å². The zero-order valence-electron chi connectivity index (χ0n) is 14.6. The predicted octanol–water partition coefficient (Wildman–Crippen LogP) is 2.76. The van der Waals surface area contributed by atoms with Gasteiger partial charge in [0.1, 0.15) is 11.3 Å². The number of rotatable bonds is 2. The Kier molecular flexibility index (Phi) is 3.59. The highest BCUT2D eigenvalue weighted by atomic mass is 35.5. The number of pyridine rings is 1. The number of oxazole rings is 1. The number of nitrogens with zero attached hydrogens (tertiary/aromatic N) is 2. The number of nitrogens with one attached hydrogen (secondary N) is 1. The van der Waals surface area contributed by atoms with Gasteiger partial charge < -0.3 is 10.2 Å². The number of halogens is 1. The van der Waals surface area contributed by atoms with Crippen molar-refractivity contribution in [2.45, 2.75) is 0 Å². The fourth-order valence-electron chi connectivity index (χ4n) is 3.32. The molecule has 0 unspecified atom stereocenters. The van der Waals surface area contributed by atoms with Crippen molar-refractivity contribution in [2.75, 3.05) is 5.73 Å². The summed E-state index contributed by atoms with van der Waals surface area (Å²) in [6.07, 6.45) is 0. The first-order valence-electron chi connectivity index (χ1n) is 8.50. The Morgan fingerprint density at radius 1 is 1.00 bits per heavy atom. The number of carbonyl (C=O) groups is 2. The summed E-state index contributed by atoms with van der Waals surface area (Å²) in [5, 5.41) is 2.69. The molecule has 142 valence electrons. The molecule has 3 N–H and O–H groups in total. The lowest BCUT2D eigenvalue weighted by molar-refractivity contribution is 0.0880. The van der Waals surface area contributed by atoms with Crippen LogP contribution in [0.2, 0.25) is 5.02 Å². The Labute approximate surface area is 167 Å². The van der Waals surface area contributed by atoms with Crippen LogP contribution < -0.4 is 16.6 Å². The lowest BCUT2D eigenvalue weighted by Gasteiger charge is -2.12. The van der Waals surface area contributed by atoms with Gasteiger partial charge in [-0.05, 0) is 42.5 Å². The van der Waals surface area contributed by atoms with Gasteiger partial charge in [-0.25, -0.2) is 4.98 Å². The van der Waals surface area contributed by atoms with Gasteiger partial charge in [-0.1, -0.05) is 11.6 Å². The molecule has 1 aliphatic heterocycles. The van der Waals surface area contributed by atoms with E-state index in [0.29, 0.717) is 33.3 Å². The van der Waals surface area contributed by atoms with Crippen molar-refractivity contribution in [3.8, 4) is 17.1 Å². The summed E-state index contributed by atoms with van der Waals surface area (Å²) < 4.78 is 6.91. The molecule has 0 spiro atoms. The maximum absolute atomic E-state index is 12.5. The number of nitrogens with two attached hydrogens (primary N) is 1. The second kappa shape index (κ2) is 6.05. The molecule has 0 saturated carbocycles. The van der Waals surface area contributed by atoms with Gasteiger partial charge in [-0.15, -0.1) is 0 Å². The second-order valence-corrected chi connectivity index (χ2v) is 6.89. The van der Waals surface area contributed by atoms with Crippen molar-refractivity contribution in [3.05, 3.63) is 75.0 Å². The Hall–Kier alpha value is -3.91. The predicted molar refractivity (Wildman–Crippen MR) is 106 cm³/mol. The number of nitrogen functional groups attached to an aromatic ring is 1. The lowest BCUT2D eigenvalue weighted by Crippen LogP contribution is -2.24. The van der Waals surface area contributed by atoms with Crippen LogP contribution in [0.15, 0.2) is 57.7 Å². The number of imide groups is 1. The first kappa shape index (κ1) is 17.2. The first-order valence-corrected chi connectivity index (χ1v) is 8.88. The van der Waals surface area contributed by atoms with E-state index in [-0.39, 0.29) is 16.9 Å². The Morgan fingerprint density at radius 2 is 1.76 bits per heavy atom. The first-order chi connectivity index (χ1) is 13.9. The third-order valence-corrected chi connectivity index (χ3v) is 4.91. The van der Waals surface area contributed by atoms with E-state index in [2.05, 4.69) is 10.3 Å². The molecule has 0 fully saturated rings. The number of benzene rings is 2. The summed E-state index contributed by atoms with van der Waals surface area (Å²) in [5.41, 5.74) is 7.85. The summed E-state index contributed by atoms with van der Waals surface area (Å²) in [6, 6.07) is 13.0. The third kappa shape index (κ3) is 2.61. The molecule has 2 aromatic carbocycles. The molecule has 0 bridgehead atoms. The van der Waals surface area contributed by atoms with Gasteiger partial charge in [-0.2, -0.15) is 0 Å². The second-order valence-electron chi connectivity index (χ2n) is 6.45. The fourth-order valence-corrected chi connectivity index (χ4v) is 3.49. The molecule has 8 nitrogen and oxygen atoms in total. The molecule has 1 aliphatic rings.